The second-order valence-corrected chi connectivity index (χ2v) is 4.30. The summed E-state index contributed by atoms with van der Waals surface area (Å²) in [7, 11) is 1.64. The number of carbonyl (C=O) groups is 1. The molecule has 5 heteroatoms. The van der Waals surface area contributed by atoms with E-state index < -0.39 is 0 Å². The van der Waals surface area contributed by atoms with Crippen LogP contribution in [0.4, 0.5) is 0 Å². The van der Waals surface area contributed by atoms with Gasteiger partial charge in [-0.3, -0.25) is 4.79 Å². The van der Waals surface area contributed by atoms with Gasteiger partial charge in [-0.15, -0.1) is 0 Å². The largest absolute Gasteiger partial charge is 0.383 e. The lowest BCUT2D eigenvalue weighted by atomic mass is 10.2. The predicted octanol–water partition coefficient (Wildman–Crippen LogP) is 1.04. The van der Waals surface area contributed by atoms with Gasteiger partial charge in [-0.2, -0.15) is 0 Å². The molecule has 1 aliphatic heterocycles. The van der Waals surface area contributed by atoms with Crippen molar-refractivity contribution >= 4 is 21.8 Å². The third-order valence-corrected chi connectivity index (χ3v) is 2.79. The third-order valence-electron chi connectivity index (χ3n) is 2.44. The summed E-state index contributed by atoms with van der Waals surface area (Å²) < 4.78 is 10.4. The summed E-state index contributed by atoms with van der Waals surface area (Å²) in [5.41, 5.74) is 0. The highest BCUT2D eigenvalue weighted by molar-refractivity contribution is 9.09. The number of nitrogens with zero attached hydrogens (tertiary/aromatic N) is 1. The molecule has 0 N–H and O–H groups in total. The summed E-state index contributed by atoms with van der Waals surface area (Å²) in [6, 6.07) is 0. The van der Waals surface area contributed by atoms with Crippen LogP contribution in [-0.2, 0) is 14.3 Å². The molecule has 1 rings (SSSR count). The van der Waals surface area contributed by atoms with Crippen molar-refractivity contribution in [2.45, 2.75) is 18.9 Å². The maximum Gasteiger partial charge on any atom is 0.251 e. The van der Waals surface area contributed by atoms with E-state index in [0.29, 0.717) is 26.3 Å². The van der Waals surface area contributed by atoms with Crippen LogP contribution >= 0.6 is 15.9 Å². The fourth-order valence-electron chi connectivity index (χ4n) is 1.61. The number of hydrogen-bond donors (Lipinski definition) is 0. The van der Waals surface area contributed by atoms with Crippen LogP contribution < -0.4 is 0 Å². The number of carbonyl (C=O) groups excluding carboxylic acids is 1. The van der Waals surface area contributed by atoms with Crippen LogP contribution in [0.1, 0.15) is 12.8 Å². The van der Waals surface area contributed by atoms with E-state index in [2.05, 4.69) is 15.9 Å². The molecule has 1 fully saturated rings. The van der Waals surface area contributed by atoms with Crippen LogP contribution in [0.25, 0.3) is 0 Å². The Morgan fingerprint density at radius 3 is 2.93 bits per heavy atom. The van der Waals surface area contributed by atoms with Gasteiger partial charge in [0.1, 0.15) is 6.10 Å². The average molecular weight is 280 g/mol. The molecule has 0 aromatic heterocycles. The normalized spacial score (nSPS) is 20.5. The van der Waals surface area contributed by atoms with Gasteiger partial charge in [0.25, 0.3) is 5.91 Å². The van der Waals surface area contributed by atoms with Crippen molar-refractivity contribution in [1.82, 2.24) is 4.90 Å². The topological polar surface area (TPSA) is 38.8 Å². The Balaban J connectivity index is 2.41. The first kappa shape index (κ1) is 12.9. The summed E-state index contributed by atoms with van der Waals surface area (Å²) in [6.07, 6.45) is 1.62. The molecule has 88 valence electrons. The van der Waals surface area contributed by atoms with E-state index in [1.807, 2.05) is 0 Å². The second-order valence-electron chi connectivity index (χ2n) is 3.51. The zero-order valence-corrected chi connectivity index (χ0v) is 10.7. The molecule has 1 aliphatic rings. The number of methoxy groups -OCH3 is 1. The van der Waals surface area contributed by atoms with Crippen LogP contribution in [0.15, 0.2) is 0 Å². The Morgan fingerprint density at radius 2 is 2.40 bits per heavy atom. The smallest absolute Gasteiger partial charge is 0.251 e. The van der Waals surface area contributed by atoms with E-state index in [0.717, 1.165) is 18.2 Å². The molecule has 0 radical (unpaired) electrons. The van der Waals surface area contributed by atoms with Gasteiger partial charge in [0.05, 0.1) is 6.61 Å². The first-order valence-corrected chi connectivity index (χ1v) is 6.37. The van der Waals surface area contributed by atoms with Crippen molar-refractivity contribution in [3.63, 3.8) is 0 Å². The predicted molar refractivity (Wildman–Crippen MR) is 61.2 cm³/mol. The Hall–Kier alpha value is -0.130. The minimum atomic E-state index is -0.221. The fraction of sp³-hybridized carbons (Fsp3) is 0.900. The Bertz CT molecular complexity index is 195. The van der Waals surface area contributed by atoms with E-state index in [1.165, 1.54) is 0 Å². The molecule has 0 aromatic rings. The standard InChI is InChI=1S/C10H18BrNO3/c1-14-8-6-12(5-4-11)10(13)9-3-2-7-15-9/h9H,2-8H2,1H3. The molecule has 0 spiro atoms. The zero-order chi connectivity index (χ0) is 11.1. The quantitative estimate of drug-likeness (QED) is 0.682. The number of ether oxygens (including phenoxy) is 2. The average Bonchev–Trinajstić information content (AvgIpc) is 2.76. The van der Waals surface area contributed by atoms with E-state index in [9.17, 15) is 4.79 Å². The van der Waals surface area contributed by atoms with E-state index in [1.54, 1.807) is 12.0 Å². The SMILES string of the molecule is COCCN(CCBr)C(=O)C1CCCO1. The highest BCUT2D eigenvalue weighted by Crippen LogP contribution is 2.14. The molecule has 0 saturated carbocycles. The van der Waals surface area contributed by atoms with E-state index in [4.69, 9.17) is 9.47 Å². The lowest BCUT2D eigenvalue weighted by molar-refractivity contribution is -0.141. The van der Waals surface area contributed by atoms with Crippen LogP contribution in [-0.4, -0.2) is 55.7 Å². The molecule has 0 bridgehead atoms. The molecule has 4 nitrogen and oxygen atoms in total. The monoisotopic (exact) mass is 279 g/mol. The molecule has 1 amide bonds. The van der Waals surface area contributed by atoms with Crippen LogP contribution in [0, 0.1) is 0 Å². The molecule has 0 aliphatic carbocycles. The van der Waals surface area contributed by atoms with Gasteiger partial charge in [0, 0.05) is 32.1 Å². The van der Waals surface area contributed by atoms with Gasteiger partial charge in [-0.05, 0) is 12.8 Å². The molecule has 1 saturated heterocycles. The van der Waals surface area contributed by atoms with Crippen molar-refractivity contribution < 1.29 is 14.3 Å². The zero-order valence-electron chi connectivity index (χ0n) is 9.08. The maximum absolute atomic E-state index is 12.0. The lowest BCUT2D eigenvalue weighted by Crippen LogP contribution is -2.41. The number of halogens is 1. The first-order valence-electron chi connectivity index (χ1n) is 5.25. The minimum absolute atomic E-state index is 0.101. The van der Waals surface area contributed by atoms with Crippen molar-refractivity contribution in [2.75, 3.05) is 38.7 Å². The van der Waals surface area contributed by atoms with Crippen molar-refractivity contribution in [3.05, 3.63) is 0 Å². The molecule has 1 atom stereocenters. The van der Waals surface area contributed by atoms with Crippen molar-refractivity contribution in [2.24, 2.45) is 0 Å². The maximum atomic E-state index is 12.0. The van der Waals surface area contributed by atoms with Crippen LogP contribution in [0.3, 0.4) is 0 Å². The lowest BCUT2D eigenvalue weighted by Gasteiger charge is -2.24. The highest BCUT2D eigenvalue weighted by Gasteiger charge is 2.27. The molecule has 15 heavy (non-hydrogen) atoms. The van der Waals surface area contributed by atoms with Gasteiger partial charge >= 0.3 is 0 Å². The van der Waals surface area contributed by atoms with Gasteiger partial charge in [-0.1, -0.05) is 15.9 Å². The number of rotatable bonds is 6. The number of amides is 1. The van der Waals surface area contributed by atoms with Crippen molar-refractivity contribution in [3.8, 4) is 0 Å². The molecule has 0 aromatic carbocycles. The summed E-state index contributed by atoms with van der Waals surface area (Å²) in [4.78, 5) is 13.8. The van der Waals surface area contributed by atoms with Crippen LogP contribution in [0.2, 0.25) is 0 Å². The summed E-state index contributed by atoms with van der Waals surface area (Å²) in [6.45, 7) is 2.64. The fourth-order valence-corrected chi connectivity index (χ4v) is 2.04. The molecular weight excluding hydrogens is 262 g/mol. The summed E-state index contributed by atoms with van der Waals surface area (Å²) in [5, 5.41) is 0.787. The Labute approximate surface area is 99.0 Å². The number of alkyl halides is 1. The summed E-state index contributed by atoms with van der Waals surface area (Å²) >= 11 is 3.34. The van der Waals surface area contributed by atoms with Crippen molar-refractivity contribution in [1.29, 1.82) is 0 Å². The number of hydrogen-bond acceptors (Lipinski definition) is 3. The molecule has 1 heterocycles. The van der Waals surface area contributed by atoms with E-state index in [-0.39, 0.29) is 12.0 Å². The van der Waals surface area contributed by atoms with Gasteiger partial charge in [-0.25, -0.2) is 0 Å². The molecular formula is C10H18BrNO3. The second kappa shape index (κ2) is 7.19. The van der Waals surface area contributed by atoms with E-state index >= 15 is 0 Å². The third kappa shape index (κ3) is 4.09. The van der Waals surface area contributed by atoms with Gasteiger partial charge in [0.15, 0.2) is 0 Å². The van der Waals surface area contributed by atoms with Gasteiger partial charge < -0.3 is 14.4 Å². The molecule has 1 unspecified atom stereocenters. The van der Waals surface area contributed by atoms with Crippen LogP contribution in [0.5, 0.6) is 0 Å². The minimum Gasteiger partial charge on any atom is -0.383 e. The summed E-state index contributed by atoms with van der Waals surface area (Å²) in [5.74, 6) is 0.101. The Kier molecular flexibility index (Phi) is 6.20. The highest BCUT2D eigenvalue weighted by atomic mass is 79.9. The Morgan fingerprint density at radius 1 is 1.60 bits per heavy atom. The first-order chi connectivity index (χ1) is 7.29. The van der Waals surface area contributed by atoms with Gasteiger partial charge in [0.2, 0.25) is 0 Å².